The van der Waals surface area contributed by atoms with Gasteiger partial charge in [0.25, 0.3) is 29.2 Å². The topological polar surface area (TPSA) is 192 Å². The van der Waals surface area contributed by atoms with E-state index in [0.29, 0.717) is 48.1 Å². The molecule has 1 saturated heterocycles. The molecule has 0 aliphatic carbocycles. The van der Waals surface area contributed by atoms with E-state index < -0.39 is 29.7 Å². The molecule has 14 nitrogen and oxygen atoms in total. The van der Waals surface area contributed by atoms with E-state index in [4.69, 9.17) is 0 Å². The predicted molar refractivity (Wildman–Crippen MR) is 200 cm³/mol. The maximum Gasteiger partial charge on any atom is 0.274 e. The van der Waals surface area contributed by atoms with Crippen molar-refractivity contribution in [1.82, 2.24) is 30.4 Å². The lowest BCUT2D eigenvalue weighted by Gasteiger charge is -2.27. The fourth-order valence-corrected chi connectivity index (χ4v) is 6.79. The SMILES string of the molecule is Cn1cc(-c2ccccc2)c2cc(C(=O)NCc3ccc(C(=O)NCCCCNc4cccc5c4C(=O)N(C4CCC(=O)NC4=O)C5=O)cc3)[nH]c2c1=O. The molecule has 0 bridgehead atoms. The number of unbranched alkanes of at least 4 members (excludes halogenated alkanes) is 1. The molecule has 3 aromatic carbocycles. The lowest BCUT2D eigenvalue weighted by atomic mass is 10.0. The van der Waals surface area contributed by atoms with Gasteiger partial charge in [0, 0.05) is 61.5 Å². The minimum atomic E-state index is -1.03. The zero-order valence-corrected chi connectivity index (χ0v) is 29.4. The first-order valence-electron chi connectivity index (χ1n) is 17.6. The molecule has 1 fully saturated rings. The van der Waals surface area contributed by atoms with Gasteiger partial charge in [0.2, 0.25) is 11.8 Å². The van der Waals surface area contributed by atoms with Gasteiger partial charge >= 0.3 is 0 Å². The van der Waals surface area contributed by atoms with Gasteiger partial charge in [-0.3, -0.25) is 43.8 Å². The number of hydrogen-bond donors (Lipinski definition) is 5. The number of piperidine rings is 1. The Morgan fingerprint density at radius 1 is 0.815 bits per heavy atom. The molecule has 5 N–H and O–H groups in total. The Kier molecular flexibility index (Phi) is 9.90. The van der Waals surface area contributed by atoms with Crippen LogP contribution in [0, 0.1) is 0 Å². The molecule has 4 heterocycles. The number of pyridine rings is 1. The van der Waals surface area contributed by atoms with Crippen LogP contribution in [-0.4, -0.2) is 69.0 Å². The van der Waals surface area contributed by atoms with Gasteiger partial charge in [-0.05, 0) is 60.7 Å². The van der Waals surface area contributed by atoms with Gasteiger partial charge in [-0.1, -0.05) is 48.5 Å². The monoisotopic (exact) mass is 727 g/mol. The summed E-state index contributed by atoms with van der Waals surface area (Å²) in [5.74, 6) is -2.84. The molecule has 0 spiro atoms. The number of benzene rings is 3. The Hall–Kier alpha value is -6.83. The van der Waals surface area contributed by atoms with E-state index in [1.54, 1.807) is 61.8 Å². The van der Waals surface area contributed by atoms with Crippen LogP contribution in [0.25, 0.3) is 22.0 Å². The number of aromatic amines is 1. The summed E-state index contributed by atoms with van der Waals surface area (Å²) in [4.78, 5) is 92.9. The Morgan fingerprint density at radius 2 is 1.57 bits per heavy atom. The number of aromatic nitrogens is 2. The van der Waals surface area contributed by atoms with Crippen molar-refractivity contribution in [3.63, 3.8) is 0 Å². The normalized spacial score (nSPS) is 15.3. The van der Waals surface area contributed by atoms with Crippen LogP contribution in [0.15, 0.2) is 89.9 Å². The first-order chi connectivity index (χ1) is 26.1. The zero-order valence-electron chi connectivity index (χ0n) is 29.4. The van der Waals surface area contributed by atoms with Gasteiger partial charge in [0.05, 0.1) is 11.1 Å². The van der Waals surface area contributed by atoms with Crippen LogP contribution in [0.3, 0.4) is 0 Å². The lowest BCUT2D eigenvalue weighted by molar-refractivity contribution is -0.136. The minimum absolute atomic E-state index is 0.0478. The maximum atomic E-state index is 13.3. The molecule has 14 heteroatoms. The number of amides is 6. The first kappa shape index (κ1) is 35.6. The van der Waals surface area contributed by atoms with Crippen molar-refractivity contribution in [2.45, 2.75) is 38.3 Å². The quantitative estimate of drug-likeness (QED) is 0.0953. The second-order valence-electron chi connectivity index (χ2n) is 13.2. The summed E-state index contributed by atoms with van der Waals surface area (Å²) >= 11 is 0. The van der Waals surface area contributed by atoms with Crippen LogP contribution in [0.1, 0.15) is 72.8 Å². The van der Waals surface area contributed by atoms with Crippen molar-refractivity contribution in [1.29, 1.82) is 0 Å². The molecule has 6 amide bonds. The lowest BCUT2D eigenvalue weighted by Crippen LogP contribution is -2.54. The minimum Gasteiger partial charge on any atom is -0.384 e. The molecule has 2 aromatic heterocycles. The van der Waals surface area contributed by atoms with Gasteiger partial charge in [0.15, 0.2) is 0 Å². The van der Waals surface area contributed by atoms with Crippen molar-refractivity contribution >= 4 is 52.0 Å². The third-order valence-electron chi connectivity index (χ3n) is 9.64. The molecule has 1 unspecified atom stereocenters. The molecule has 5 aromatic rings. The van der Waals surface area contributed by atoms with E-state index >= 15 is 0 Å². The standard InChI is InChI=1S/C40H37N7O7/c1-46-22-28(24-8-3-2-4-9-24)27-20-30(44-34(27)40(46)54)36(50)43-21-23-12-14-25(15-13-23)35(49)42-19-6-5-18-41-29-11-7-10-26-33(29)39(53)47(38(26)52)31-16-17-32(48)45-37(31)51/h2-4,7-15,20,22,31,41,44H,5-6,16-19,21H2,1H3,(H,42,49)(H,43,50)(H,45,48,51). The molecule has 0 saturated carbocycles. The second-order valence-corrected chi connectivity index (χ2v) is 13.2. The summed E-state index contributed by atoms with van der Waals surface area (Å²) in [5.41, 5.74) is 4.28. The highest BCUT2D eigenvalue weighted by molar-refractivity contribution is 6.25. The van der Waals surface area contributed by atoms with Crippen molar-refractivity contribution in [2.75, 3.05) is 18.4 Å². The Labute approximate surface area is 308 Å². The summed E-state index contributed by atoms with van der Waals surface area (Å²) in [6.07, 6.45) is 3.19. The Balaban J connectivity index is 0.871. The fourth-order valence-electron chi connectivity index (χ4n) is 6.79. The third-order valence-corrected chi connectivity index (χ3v) is 9.64. The van der Waals surface area contributed by atoms with Gasteiger partial charge in [0.1, 0.15) is 17.3 Å². The second kappa shape index (κ2) is 15.0. The van der Waals surface area contributed by atoms with Crippen LogP contribution < -0.4 is 26.8 Å². The molecular weight excluding hydrogens is 690 g/mol. The highest BCUT2D eigenvalue weighted by Gasteiger charge is 2.45. The average molecular weight is 728 g/mol. The number of rotatable bonds is 12. The molecule has 1 atom stereocenters. The number of anilines is 1. The average Bonchev–Trinajstić information content (AvgIpc) is 3.74. The number of imide groups is 2. The van der Waals surface area contributed by atoms with Gasteiger partial charge in [-0.25, -0.2) is 0 Å². The molecule has 2 aliphatic heterocycles. The molecule has 0 radical (unpaired) electrons. The number of fused-ring (bicyclic) bond motifs is 2. The number of aryl methyl sites for hydroxylation is 1. The zero-order chi connectivity index (χ0) is 37.9. The number of carbonyl (C=O) groups is 6. The van der Waals surface area contributed by atoms with Gasteiger partial charge in [-0.15, -0.1) is 0 Å². The molecule has 7 rings (SSSR count). The number of nitrogens with zero attached hydrogens (tertiary/aromatic N) is 2. The van der Waals surface area contributed by atoms with E-state index in [-0.39, 0.29) is 53.6 Å². The summed E-state index contributed by atoms with van der Waals surface area (Å²) in [7, 11) is 1.67. The van der Waals surface area contributed by atoms with Gasteiger partial charge in [-0.2, -0.15) is 0 Å². The fraction of sp³-hybridized carbons (Fsp3) is 0.225. The molecule has 54 heavy (non-hydrogen) atoms. The largest absolute Gasteiger partial charge is 0.384 e. The molecule has 274 valence electrons. The van der Waals surface area contributed by atoms with Crippen molar-refractivity contribution in [3.8, 4) is 11.1 Å². The van der Waals surface area contributed by atoms with Crippen LogP contribution >= 0.6 is 0 Å². The van der Waals surface area contributed by atoms with E-state index in [0.717, 1.165) is 21.6 Å². The smallest absolute Gasteiger partial charge is 0.274 e. The summed E-state index contributed by atoms with van der Waals surface area (Å²) in [6.45, 7) is 1.09. The number of H-pyrrole nitrogens is 1. The summed E-state index contributed by atoms with van der Waals surface area (Å²) in [5, 5.41) is 11.8. The number of carbonyl (C=O) groups excluding carboxylic acids is 6. The Morgan fingerprint density at radius 3 is 2.33 bits per heavy atom. The summed E-state index contributed by atoms with van der Waals surface area (Å²) in [6, 6.07) is 22.1. The number of nitrogens with one attached hydrogen (secondary N) is 5. The van der Waals surface area contributed by atoms with Crippen LogP contribution in [-0.2, 0) is 23.2 Å². The highest BCUT2D eigenvalue weighted by Crippen LogP contribution is 2.32. The van der Waals surface area contributed by atoms with Crippen molar-refractivity contribution in [2.24, 2.45) is 7.05 Å². The maximum absolute atomic E-state index is 13.3. The van der Waals surface area contributed by atoms with Crippen molar-refractivity contribution in [3.05, 3.63) is 123 Å². The molecule has 2 aliphatic rings. The van der Waals surface area contributed by atoms with E-state index in [1.165, 1.54) is 4.57 Å². The van der Waals surface area contributed by atoms with Gasteiger partial charge < -0.3 is 25.5 Å². The third kappa shape index (κ3) is 7.00. The highest BCUT2D eigenvalue weighted by atomic mass is 16.2. The van der Waals surface area contributed by atoms with E-state index in [2.05, 4.69) is 26.3 Å². The first-order valence-corrected chi connectivity index (χ1v) is 17.6. The predicted octanol–water partition coefficient (Wildman–Crippen LogP) is 3.49. The van der Waals surface area contributed by atoms with E-state index in [9.17, 15) is 33.6 Å². The molecular formula is C40H37N7O7. The Bertz CT molecular complexity index is 2380. The summed E-state index contributed by atoms with van der Waals surface area (Å²) < 4.78 is 1.49. The van der Waals surface area contributed by atoms with Crippen molar-refractivity contribution < 1.29 is 28.8 Å². The number of hydrogen-bond acceptors (Lipinski definition) is 8. The van der Waals surface area contributed by atoms with Crippen LogP contribution in [0.5, 0.6) is 0 Å². The van der Waals surface area contributed by atoms with E-state index in [1.807, 2.05) is 30.3 Å². The van der Waals surface area contributed by atoms with Crippen LogP contribution in [0.2, 0.25) is 0 Å². The van der Waals surface area contributed by atoms with Crippen LogP contribution in [0.4, 0.5) is 5.69 Å².